The van der Waals surface area contributed by atoms with Crippen molar-refractivity contribution < 1.29 is 4.79 Å². The Morgan fingerprint density at radius 2 is 1.80 bits per heavy atom. The van der Waals surface area contributed by atoms with Gasteiger partial charge in [0, 0.05) is 23.6 Å². The van der Waals surface area contributed by atoms with Crippen molar-refractivity contribution in [1.29, 1.82) is 0 Å². The first-order valence-corrected chi connectivity index (χ1v) is 8.40. The summed E-state index contributed by atoms with van der Waals surface area (Å²) in [6.45, 7) is 1.82. The molecule has 112 valence electrons. The molecule has 0 aliphatic carbocycles. The van der Waals surface area contributed by atoms with E-state index in [9.17, 15) is 4.79 Å². The number of hydrogen-bond donors (Lipinski definition) is 2. The van der Waals surface area contributed by atoms with Crippen LogP contribution in [-0.4, -0.2) is 31.8 Å². The molecule has 0 aliphatic heterocycles. The highest BCUT2D eigenvalue weighted by atomic mass is 32.2. The van der Waals surface area contributed by atoms with Crippen molar-refractivity contribution in [1.82, 2.24) is 10.6 Å². The maximum absolute atomic E-state index is 11.6. The Kier molecular flexibility index (Phi) is 10.1. The molecule has 0 atom stereocenters. The maximum Gasteiger partial charge on any atom is 0.220 e. The number of carbonyl (C=O) groups excluding carboxylic acids is 1. The molecule has 2 N–H and O–H groups in total. The van der Waals surface area contributed by atoms with Gasteiger partial charge >= 0.3 is 0 Å². The van der Waals surface area contributed by atoms with E-state index in [2.05, 4.69) is 22.8 Å². The van der Waals surface area contributed by atoms with E-state index in [4.69, 9.17) is 0 Å². The topological polar surface area (TPSA) is 41.1 Å². The normalized spacial score (nSPS) is 10.4. The minimum atomic E-state index is 0.187. The zero-order chi connectivity index (χ0) is 14.5. The van der Waals surface area contributed by atoms with Crippen LogP contribution in [0.3, 0.4) is 0 Å². The molecule has 4 heteroatoms. The summed E-state index contributed by atoms with van der Waals surface area (Å²) in [6, 6.07) is 10.3. The van der Waals surface area contributed by atoms with Gasteiger partial charge in [-0.1, -0.05) is 31.0 Å². The van der Waals surface area contributed by atoms with E-state index in [1.54, 1.807) is 11.8 Å². The van der Waals surface area contributed by atoms with E-state index in [1.165, 1.54) is 17.7 Å². The molecule has 1 amide bonds. The van der Waals surface area contributed by atoms with Crippen LogP contribution in [-0.2, 0) is 4.79 Å². The fraction of sp³-hybridized carbons (Fsp3) is 0.562. The lowest BCUT2D eigenvalue weighted by molar-refractivity contribution is -0.121. The molecule has 0 radical (unpaired) electrons. The molecule has 0 bridgehead atoms. The number of nitrogens with one attached hydrogen (secondary N) is 2. The highest BCUT2D eigenvalue weighted by Crippen LogP contribution is 2.15. The molecule has 0 spiro atoms. The average Bonchev–Trinajstić information content (AvgIpc) is 2.48. The first-order valence-electron chi connectivity index (χ1n) is 7.42. The van der Waals surface area contributed by atoms with Crippen molar-refractivity contribution in [3.05, 3.63) is 30.3 Å². The number of thioether (sulfide) groups is 1. The Balaban J connectivity index is 1.92. The molecule has 0 saturated carbocycles. The van der Waals surface area contributed by atoms with E-state index in [0.29, 0.717) is 6.42 Å². The van der Waals surface area contributed by atoms with Gasteiger partial charge in [-0.2, -0.15) is 0 Å². The summed E-state index contributed by atoms with van der Waals surface area (Å²) in [5.74, 6) is 1.12. The van der Waals surface area contributed by atoms with Crippen molar-refractivity contribution in [2.24, 2.45) is 0 Å². The fourth-order valence-corrected chi connectivity index (χ4v) is 2.69. The number of rotatable bonds is 11. The Morgan fingerprint density at radius 3 is 2.55 bits per heavy atom. The van der Waals surface area contributed by atoms with E-state index in [0.717, 1.165) is 31.7 Å². The summed E-state index contributed by atoms with van der Waals surface area (Å²) < 4.78 is 0. The summed E-state index contributed by atoms with van der Waals surface area (Å²) in [4.78, 5) is 12.9. The second-order valence-corrected chi connectivity index (χ2v) is 5.95. The molecule has 3 nitrogen and oxygen atoms in total. The highest BCUT2D eigenvalue weighted by molar-refractivity contribution is 7.99. The Labute approximate surface area is 126 Å². The van der Waals surface area contributed by atoms with E-state index in [-0.39, 0.29) is 5.91 Å². The SMILES string of the molecule is CNCCCCCCC(=O)NCCSc1ccccc1. The third-order valence-corrected chi connectivity index (χ3v) is 4.03. The number of hydrogen-bond acceptors (Lipinski definition) is 3. The predicted molar refractivity (Wildman–Crippen MR) is 87.2 cm³/mol. The summed E-state index contributed by atoms with van der Waals surface area (Å²) in [5.41, 5.74) is 0. The van der Waals surface area contributed by atoms with Crippen LogP contribution >= 0.6 is 11.8 Å². The summed E-state index contributed by atoms with van der Waals surface area (Å²) >= 11 is 1.78. The molecule has 0 fully saturated rings. The van der Waals surface area contributed by atoms with E-state index < -0.39 is 0 Å². The molecule has 0 unspecified atom stereocenters. The van der Waals surface area contributed by atoms with Crippen molar-refractivity contribution in [2.45, 2.75) is 37.0 Å². The van der Waals surface area contributed by atoms with Crippen LogP contribution in [0.2, 0.25) is 0 Å². The Bertz CT molecular complexity index is 357. The van der Waals surface area contributed by atoms with Crippen LogP contribution < -0.4 is 10.6 Å². The second-order valence-electron chi connectivity index (χ2n) is 4.78. The Morgan fingerprint density at radius 1 is 1.05 bits per heavy atom. The van der Waals surface area contributed by atoms with Crippen molar-refractivity contribution in [3.63, 3.8) is 0 Å². The van der Waals surface area contributed by atoms with Gasteiger partial charge in [-0.05, 0) is 38.6 Å². The maximum atomic E-state index is 11.6. The lowest BCUT2D eigenvalue weighted by Crippen LogP contribution is -2.25. The van der Waals surface area contributed by atoms with Gasteiger partial charge in [0.15, 0.2) is 0 Å². The zero-order valence-electron chi connectivity index (χ0n) is 12.4. The van der Waals surface area contributed by atoms with Gasteiger partial charge < -0.3 is 10.6 Å². The molecule has 0 aliphatic rings. The van der Waals surface area contributed by atoms with Gasteiger partial charge in [0.1, 0.15) is 0 Å². The van der Waals surface area contributed by atoms with Gasteiger partial charge in [0.2, 0.25) is 5.91 Å². The predicted octanol–water partition coefficient (Wildman–Crippen LogP) is 3.06. The quantitative estimate of drug-likeness (QED) is 0.487. The van der Waals surface area contributed by atoms with Crippen LogP contribution in [0.15, 0.2) is 35.2 Å². The van der Waals surface area contributed by atoms with Crippen molar-refractivity contribution >= 4 is 17.7 Å². The number of unbranched alkanes of at least 4 members (excludes halogenated alkanes) is 3. The first kappa shape index (κ1) is 17.1. The van der Waals surface area contributed by atoms with Crippen molar-refractivity contribution in [3.8, 4) is 0 Å². The molecule has 1 rings (SSSR count). The third kappa shape index (κ3) is 8.99. The monoisotopic (exact) mass is 294 g/mol. The number of amides is 1. The number of carbonyl (C=O) groups is 1. The van der Waals surface area contributed by atoms with Gasteiger partial charge in [0.05, 0.1) is 0 Å². The fourth-order valence-electron chi connectivity index (χ4n) is 1.91. The lowest BCUT2D eigenvalue weighted by Gasteiger charge is -2.05. The lowest BCUT2D eigenvalue weighted by atomic mass is 10.1. The van der Waals surface area contributed by atoms with Gasteiger partial charge in [0.25, 0.3) is 0 Å². The van der Waals surface area contributed by atoms with Crippen molar-refractivity contribution in [2.75, 3.05) is 25.9 Å². The van der Waals surface area contributed by atoms with E-state index in [1.807, 2.05) is 25.2 Å². The standard InChI is InChI=1S/C16H26N2OS/c1-17-12-8-3-2-7-11-16(19)18-13-14-20-15-9-5-4-6-10-15/h4-6,9-10,17H,2-3,7-8,11-14H2,1H3,(H,18,19). The average molecular weight is 294 g/mol. The van der Waals surface area contributed by atoms with Gasteiger partial charge in [-0.3, -0.25) is 4.79 Å². The van der Waals surface area contributed by atoms with Crippen LogP contribution in [0.25, 0.3) is 0 Å². The van der Waals surface area contributed by atoms with Gasteiger partial charge in [-0.15, -0.1) is 11.8 Å². The summed E-state index contributed by atoms with van der Waals surface area (Å²) in [5, 5.41) is 6.12. The van der Waals surface area contributed by atoms with Gasteiger partial charge in [-0.25, -0.2) is 0 Å². The molecule has 0 heterocycles. The largest absolute Gasteiger partial charge is 0.355 e. The summed E-state index contributed by atoms with van der Waals surface area (Å²) in [7, 11) is 1.97. The minimum Gasteiger partial charge on any atom is -0.355 e. The van der Waals surface area contributed by atoms with Crippen LogP contribution in [0.1, 0.15) is 32.1 Å². The van der Waals surface area contributed by atoms with E-state index >= 15 is 0 Å². The highest BCUT2D eigenvalue weighted by Gasteiger charge is 2.00. The number of benzene rings is 1. The third-order valence-electron chi connectivity index (χ3n) is 3.02. The molecular formula is C16H26N2OS. The second kappa shape index (κ2) is 11.8. The molecular weight excluding hydrogens is 268 g/mol. The minimum absolute atomic E-state index is 0.187. The molecule has 20 heavy (non-hydrogen) atoms. The van der Waals surface area contributed by atoms with Crippen LogP contribution in [0.4, 0.5) is 0 Å². The zero-order valence-corrected chi connectivity index (χ0v) is 13.2. The molecule has 1 aromatic rings. The molecule has 1 aromatic carbocycles. The van der Waals surface area contributed by atoms with Crippen LogP contribution in [0.5, 0.6) is 0 Å². The van der Waals surface area contributed by atoms with Crippen LogP contribution in [0, 0.1) is 0 Å². The molecule has 0 aromatic heterocycles. The first-order chi connectivity index (χ1) is 9.83. The molecule has 0 saturated heterocycles. The summed E-state index contributed by atoms with van der Waals surface area (Å²) in [6.07, 6.45) is 5.22. The Hall–Kier alpha value is -1.00. The smallest absolute Gasteiger partial charge is 0.220 e.